The second-order valence-corrected chi connectivity index (χ2v) is 7.27. The van der Waals surface area contributed by atoms with E-state index in [9.17, 15) is 9.59 Å². The number of nitrogens with zero attached hydrogens (tertiary/aromatic N) is 3. The Morgan fingerprint density at radius 3 is 2.46 bits per heavy atom. The Balaban J connectivity index is 1.84. The smallest absolute Gasteiger partial charge is 0.297 e. The summed E-state index contributed by atoms with van der Waals surface area (Å²) in [5.41, 5.74) is 1.21. The number of carbonyl (C=O) groups is 1. The molecule has 0 bridgehead atoms. The van der Waals surface area contributed by atoms with Crippen molar-refractivity contribution in [2.45, 2.75) is 6.04 Å². The van der Waals surface area contributed by atoms with Crippen LogP contribution in [0.4, 0.5) is 5.95 Å². The second-order valence-electron chi connectivity index (χ2n) is 6.35. The number of hydrogen-bond donors (Lipinski definition) is 0. The van der Waals surface area contributed by atoms with Crippen molar-refractivity contribution < 1.29 is 9.21 Å². The molecule has 1 amide bonds. The summed E-state index contributed by atoms with van der Waals surface area (Å²) in [7, 11) is 0. The fourth-order valence-electron chi connectivity index (χ4n) is 3.52. The minimum atomic E-state index is -0.661. The van der Waals surface area contributed by atoms with Crippen LogP contribution in [0.2, 0.25) is 0 Å². The van der Waals surface area contributed by atoms with Gasteiger partial charge in [-0.25, -0.2) is 9.97 Å². The van der Waals surface area contributed by atoms with E-state index in [1.807, 2.05) is 30.3 Å². The van der Waals surface area contributed by atoms with Gasteiger partial charge in [0.15, 0.2) is 5.43 Å². The van der Waals surface area contributed by atoms with Crippen LogP contribution in [0.3, 0.4) is 0 Å². The summed E-state index contributed by atoms with van der Waals surface area (Å²) in [6.45, 7) is 0. The molecule has 1 aliphatic heterocycles. The van der Waals surface area contributed by atoms with E-state index in [1.165, 1.54) is 4.90 Å². The summed E-state index contributed by atoms with van der Waals surface area (Å²) in [5.74, 6) is -0.185. The first-order valence-corrected chi connectivity index (χ1v) is 9.36. The highest BCUT2D eigenvalue weighted by Gasteiger charge is 2.44. The molecule has 6 nitrogen and oxygen atoms in total. The molecule has 7 heteroatoms. The maximum absolute atomic E-state index is 13.4. The van der Waals surface area contributed by atoms with Crippen molar-refractivity contribution in [1.29, 1.82) is 0 Å². The molecule has 5 rings (SSSR count). The van der Waals surface area contributed by atoms with Crippen molar-refractivity contribution in [1.82, 2.24) is 9.97 Å². The number of halogens is 1. The zero-order valence-corrected chi connectivity index (χ0v) is 16.0. The van der Waals surface area contributed by atoms with E-state index in [-0.39, 0.29) is 17.1 Å². The SMILES string of the molecule is O=C1c2oc3ccc(Br)cc3c(=O)c2C(c2ccccc2)N1c1ncccn1. The van der Waals surface area contributed by atoms with Gasteiger partial charge in [0.25, 0.3) is 5.91 Å². The highest BCUT2D eigenvalue weighted by molar-refractivity contribution is 9.10. The van der Waals surface area contributed by atoms with Crippen LogP contribution in [0, 0.1) is 0 Å². The number of aromatic nitrogens is 2. The van der Waals surface area contributed by atoms with Crippen LogP contribution in [0.5, 0.6) is 0 Å². The van der Waals surface area contributed by atoms with Gasteiger partial charge in [-0.05, 0) is 29.8 Å². The summed E-state index contributed by atoms with van der Waals surface area (Å²) in [5, 5.41) is 0.415. The van der Waals surface area contributed by atoms with Crippen LogP contribution < -0.4 is 10.3 Å². The number of hydrogen-bond acceptors (Lipinski definition) is 5. The van der Waals surface area contributed by atoms with Gasteiger partial charge in [0.1, 0.15) is 5.58 Å². The Hall–Kier alpha value is -3.32. The van der Waals surface area contributed by atoms with Crippen LogP contribution >= 0.6 is 15.9 Å². The van der Waals surface area contributed by atoms with Crippen LogP contribution in [-0.4, -0.2) is 15.9 Å². The monoisotopic (exact) mass is 433 g/mol. The largest absolute Gasteiger partial charge is 0.450 e. The third-order valence-corrected chi connectivity index (χ3v) is 5.21. The van der Waals surface area contributed by atoms with Gasteiger partial charge >= 0.3 is 0 Å². The molecule has 0 N–H and O–H groups in total. The molecule has 136 valence electrons. The quantitative estimate of drug-likeness (QED) is 0.475. The molecule has 0 radical (unpaired) electrons. The lowest BCUT2D eigenvalue weighted by molar-refractivity contribution is 0.0969. The van der Waals surface area contributed by atoms with Gasteiger partial charge in [-0.3, -0.25) is 14.5 Å². The number of benzene rings is 2. The van der Waals surface area contributed by atoms with E-state index in [0.717, 1.165) is 10.0 Å². The highest BCUT2D eigenvalue weighted by atomic mass is 79.9. The number of fused-ring (bicyclic) bond motifs is 2. The molecular weight excluding hydrogens is 422 g/mol. The number of anilines is 1. The summed E-state index contributed by atoms with van der Waals surface area (Å²) < 4.78 is 6.65. The molecule has 1 atom stereocenters. The van der Waals surface area contributed by atoms with E-state index >= 15 is 0 Å². The molecule has 0 spiro atoms. The molecule has 4 aromatic rings. The number of rotatable bonds is 2. The van der Waals surface area contributed by atoms with Gasteiger partial charge in [0.05, 0.1) is 17.0 Å². The van der Waals surface area contributed by atoms with E-state index in [1.54, 1.807) is 36.7 Å². The third kappa shape index (κ3) is 2.47. The van der Waals surface area contributed by atoms with Crippen LogP contribution in [-0.2, 0) is 0 Å². The first kappa shape index (κ1) is 16.8. The molecule has 0 fully saturated rings. The zero-order chi connectivity index (χ0) is 19.3. The summed E-state index contributed by atoms with van der Waals surface area (Å²) in [6.07, 6.45) is 3.12. The van der Waals surface area contributed by atoms with E-state index in [0.29, 0.717) is 16.5 Å². The average molecular weight is 434 g/mol. The first-order chi connectivity index (χ1) is 13.6. The minimum absolute atomic E-state index is 0.0288. The predicted molar refractivity (Wildman–Crippen MR) is 107 cm³/mol. The van der Waals surface area contributed by atoms with E-state index in [2.05, 4.69) is 25.9 Å². The van der Waals surface area contributed by atoms with E-state index < -0.39 is 11.9 Å². The molecule has 3 heterocycles. The summed E-state index contributed by atoms with van der Waals surface area (Å²) >= 11 is 3.39. The van der Waals surface area contributed by atoms with Crippen molar-refractivity contribution in [3.05, 3.63) is 98.6 Å². The Labute approximate surface area is 167 Å². The van der Waals surface area contributed by atoms with Gasteiger partial charge < -0.3 is 4.42 Å². The van der Waals surface area contributed by atoms with E-state index in [4.69, 9.17) is 4.42 Å². The Kier molecular flexibility index (Phi) is 3.84. The van der Waals surface area contributed by atoms with Crippen LogP contribution in [0.15, 0.2) is 80.7 Å². The minimum Gasteiger partial charge on any atom is -0.450 e. The molecule has 2 aromatic heterocycles. The molecule has 0 saturated carbocycles. The summed E-state index contributed by atoms with van der Waals surface area (Å²) in [6, 6.07) is 15.5. The van der Waals surface area contributed by atoms with Crippen molar-refractivity contribution >= 4 is 38.8 Å². The lowest BCUT2D eigenvalue weighted by Gasteiger charge is -2.22. The topological polar surface area (TPSA) is 76.3 Å². The number of amides is 1. The first-order valence-electron chi connectivity index (χ1n) is 8.57. The fourth-order valence-corrected chi connectivity index (χ4v) is 3.88. The molecule has 1 aliphatic rings. The normalized spacial score (nSPS) is 15.8. The van der Waals surface area contributed by atoms with Gasteiger partial charge in [-0.15, -0.1) is 0 Å². The number of carbonyl (C=O) groups excluding carboxylic acids is 1. The second kappa shape index (κ2) is 6.38. The molecular formula is C21H12BrN3O3. The molecule has 0 saturated heterocycles. The van der Waals surface area contributed by atoms with Gasteiger partial charge in [-0.1, -0.05) is 46.3 Å². The Morgan fingerprint density at radius 2 is 1.71 bits per heavy atom. The highest BCUT2D eigenvalue weighted by Crippen LogP contribution is 2.39. The van der Waals surface area contributed by atoms with Gasteiger partial charge in [-0.2, -0.15) is 0 Å². The van der Waals surface area contributed by atoms with Crippen molar-refractivity contribution in [3.8, 4) is 0 Å². The fraction of sp³-hybridized carbons (Fsp3) is 0.0476. The lowest BCUT2D eigenvalue weighted by Crippen LogP contribution is -2.31. The zero-order valence-electron chi connectivity index (χ0n) is 14.4. The Bertz CT molecular complexity index is 1270. The van der Waals surface area contributed by atoms with Crippen molar-refractivity contribution in [3.63, 3.8) is 0 Å². The standard InChI is InChI=1S/C21H12BrN3O3/c22-13-7-8-15-14(11-13)18(26)16-17(12-5-2-1-3-6-12)25(20(27)19(16)28-15)21-23-9-4-10-24-21/h1-11,17H. The third-order valence-electron chi connectivity index (χ3n) is 4.72. The average Bonchev–Trinajstić information content (AvgIpc) is 3.03. The van der Waals surface area contributed by atoms with Gasteiger partial charge in [0.2, 0.25) is 11.7 Å². The van der Waals surface area contributed by atoms with Gasteiger partial charge in [0, 0.05) is 16.9 Å². The summed E-state index contributed by atoms with van der Waals surface area (Å²) in [4.78, 5) is 36.5. The van der Waals surface area contributed by atoms with Crippen molar-refractivity contribution in [2.75, 3.05) is 4.90 Å². The van der Waals surface area contributed by atoms with Crippen LogP contribution in [0.25, 0.3) is 11.0 Å². The van der Waals surface area contributed by atoms with Crippen LogP contribution in [0.1, 0.15) is 27.7 Å². The molecule has 28 heavy (non-hydrogen) atoms. The lowest BCUT2D eigenvalue weighted by atomic mass is 9.99. The molecule has 0 aliphatic carbocycles. The molecule has 1 unspecified atom stereocenters. The maximum Gasteiger partial charge on any atom is 0.297 e. The van der Waals surface area contributed by atoms with Crippen molar-refractivity contribution in [2.24, 2.45) is 0 Å². The maximum atomic E-state index is 13.4. The Morgan fingerprint density at radius 1 is 0.964 bits per heavy atom. The molecule has 2 aromatic carbocycles. The predicted octanol–water partition coefficient (Wildman–Crippen LogP) is 4.10.